The fraction of sp³-hybridized carbons (Fsp3) is 1.00. The molecule has 0 nitrogen and oxygen atoms in total. The van der Waals surface area contributed by atoms with Gasteiger partial charge in [0.25, 0.3) is 0 Å². The summed E-state index contributed by atoms with van der Waals surface area (Å²) in [6.45, 7) is 4.81. The first-order chi connectivity index (χ1) is 3.25. The summed E-state index contributed by atoms with van der Waals surface area (Å²) in [6.07, 6.45) is 3.04. The third-order valence-corrected chi connectivity index (χ3v) is 3.38. The van der Waals surface area contributed by atoms with E-state index in [1.807, 2.05) is 0 Å². The highest BCUT2D eigenvalue weighted by Gasteiger charge is 2.64. The van der Waals surface area contributed by atoms with Crippen LogP contribution in [0, 0.1) is 17.3 Å². The van der Waals surface area contributed by atoms with Crippen LogP contribution in [-0.2, 0) is 0 Å². The molecule has 2 saturated carbocycles. The SMILES string of the molecule is CC1C2CCC12C. The van der Waals surface area contributed by atoms with Crippen LogP contribution in [0.1, 0.15) is 26.7 Å². The summed E-state index contributed by atoms with van der Waals surface area (Å²) < 4.78 is 0. The summed E-state index contributed by atoms with van der Waals surface area (Å²) in [5, 5.41) is 0. The highest BCUT2D eigenvalue weighted by atomic mass is 14.7. The molecule has 2 aliphatic rings. The molecule has 3 atom stereocenters. The Bertz CT molecular complexity index is 101. The Morgan fingerprint density at radius 1 is 1.57 bits per heavy atom. The van der Waals surface area contributed by atoms with Crippen molar-refractivity contribution in [3.05, 3.63) is 0 Å². The van der Waals surface area contributed by atoms with E-state index in [4.69, 9.17) is 0 Å². The number of hydrogen-bond acceptors (Lipinski definition) is 0. The van der Waals surface area contributed by atoms with Gasteiger partial charge in [-0.3, -0.25) is 0 Å². The summed E-state index contributed by atoms with van der Waals surface area (Å²) in [5.74, 6) is 2.22. The van der Waals surface area contributed by atoms with Gasteiger partial charge >= 0.3 is 0 Å². The molecule has 0 aromatic rings. The topological polar surface area (TPSA) is 0 Å². The average Bonchev–Trinajstić information content (AvgIpc) is 1.86. The maximum atomic E-state index is 2.42. The Hall–Kier alpha value is 0. The summed E-state index contributed by atoms with van der Waals surface area (Å²) in [7, 11) is 0. The van der Waals surface area contributed by atoms with E-state index in [9.17, 15) is 0 Å². The molecule has 7 heavy (non-hydrogen) atoms. The highest BCUT2D eigenvalue weighted by Crippen LogP contribution is 2.71. The molecule has 0 N–H and O–H groups in total. The van der Waals surface area contributed by atoms with Crippen molar-refractivity contribution in [3.8, 4) is 0 Å². The summed E-state index contributed by atoms with van der Waals surface area (Å²) in [6, 6.07) is 0. The lowest BCUT2D eigenvalue weighted by Gasteiger charge is -2.18. The molecule has 2 fully saturated rings. The van der Waals surface area contributed by atoms with Gasteiger partial charge in [-0.1, -0.05) is 13.8 Å². The predicted octanol–water partition coefficient (Wildman–Crippen LogP) is 2.05. The summed E-state index contributed by atoms with van der Waals surface area (Å²) in [5.41, 5.74) is 0.847. The Labute approximate surface area is 44.9 Å². The Balaban J connectivity index is 2.20. The second-order valence-electron chi connectivity index (χ2n) is 3.44. The van der Waals surface area contributed by atoms with E-state index in [0.29, 0.717) is 0 Å². The molecular weight excluding hydrogens is 84.1 g/mol. The van der Waals surface area contributed by atoms with Crippen molar-refractivity contribution >= 4 is 0 Å². The van der Waals surface area contributed by atoms with Crippen LogP contribution < -0.4 is 0 Å². The van der Waals surface area contributed by atoms with Crippen molar-refractivity contribution in [2.24, 2.45) is 17.3 Å². The molecule has 0 spiro atoms. The first-order valence-corrected chi connectivity index (χ1v) is 3.25. The molecule has 0 bridgehead atoms. The highest BCUT2D eigenvalue weighted by molar-refractivity contribution is 5.12. The summed E-state index contributed by atoms with van der Waals surface area (Å²) in [4.78, 5) is 0. The maximum Gasteiger partial charge on any atom is -0.0266 e. The lowest BCUT2D eigenvalue weighted by Crippen LogP contribution is -2.08. The Morgan fingerprint density at radius 2 is 2.14 bits per heavy atom. The van der Waals surface area contributed by atoms with Crippen molar-refractivity contribution in [1.29, 1.82) is 0 Å². The zero-order valence-corrected chi connectivity index (χ0v) is 5.07. The third-order valence-electron chi connectivity index (χ3n) is 3.38. The second kappa shape index (κ2) is 0.765. The van der Waals surface area contributed by atoms with Crippen LogP contribution in [0.5, 0.6) is 0 Å². The van der Waals surface area contributed by atoms with Crippen molar-refractivity contribution in [3.63, 3.8) is 0 Å². The lowest BCUT2D eigenvalue weighted by atomic mass is 9.87. The van der Waals surface area contributed by atoms with Gasteiger partial charge in [0.2, 0.25) is 0 Å². The van der Waals surface area contributed by atoms with Gasteiger partial charge in [-0.05, 0) is 30.1 Å². The van der Waals surface area contributed by atoms with Gasteiger partial charge in [-0.2, -0.15) is 0 Å². The van der Waals surface area contributed by atoms with E-state index in [2.05, 4.69) is 13.8 Å². The van der Waals surface area contributed by atoms with E-state index in [0.717, 1.165) is 17.3 Å². The van der Waals surface area contributed by atoms with E-state index in [-0.39, 0.29) is 0 Å². The molecule has 0 amide bonds. The van der Waals surface area contributed by atoms with E-state index in [1.165, 1.54) is 12.8 Å². The van der Waals surface area contributed by atoms with Crippen LogP contribution in [0.15, 0.2) is 0 Å². The van der Waals surface area contributed by atoms with Crippen LogP contribution in [-0.4, -0.2) is 0 Å². The number of rotatable bonds is 0. The molecule has 0 heterocycles. The van der Waals surface area contributed by atoms with Crippen LogP contribution in [0.25, 0.3) is 0 Å². The van der Waals surface area contributed by atoms with Crippen LogP contribution >= 0.6 is 0 Å². The van der Waals surface area contributed by atoms with Gasteiger partial charge in [0.1, 0.15) is 0 Å². The Kier molecular flexibility index (Phi) is 0.430. The number of fused-ring (bicyclic) bond motifs is 1. The van der Waals surface area contributed by atoms with E-state index in [1.54, 1.807) is 0 Å². The van der Waals surface area contributed by atoms with Crippen LogP contribution in [0.4, 0.5) is 0 Å². The van der Waals surface area contributed by atoms with E-state index >= 15 is 0 Å². The fourth-order valence-electron chi connectivity index (χ4n) is 2.15. The average molecular weight is 96.2 g/mol. The first-order valence-electron chi connectivity index (χ1n) is 3.25. The minimum absolute atomic E-state index is 0.847. The van der Waals surface area contributed by atoms with Gasteiger partial charge in [-0.15, -0.1) is 0 Å². The quantitative estimate of drug-likeness (QED) is 0.433. The molecular formula is C7H12. The minimum Gasteiger partial charge on any atom is -0.0617 e. The zero-order chi connectivity index (χ0) is 5.07. The normalized spacial score (nSPS) is 66.0. The molecule has 3 unspecified atom stereocenters. The zero-order valence-electron chi connectivity index (χ0n) is 5.07. The second-order valence-corrected chi connectivity index (χ2v) is 3.44. The van der Waals surface area contributed by atoms with Gasteiger partial charge in [0.05, 0.1) is 0 Å². The molecule has 0 aromatic carbocycles. The standard InChI is InChI=1S/C7H12/c1-5-6-3-4-7(5,6)2/h5-6H,3-4H2,1-2H3. The van der Waals surface area contributed by atoms with Crippen molar-refractivity contribution < 1.29 is 0 Å². The molecule has 2 aliphatic carbocycles. The lowest BCUT2D eigenvalue weighted by molar-refractivity contribution is 0.321. The number of hydrogen-bond donors (Lipinski definition) is 0. The van der Waals surface area contributed by atoms with Gasteiger partial charge in [0, 0.05) is 0 Å². The van der Waals surface area contributed by atoms with Crippen LogP contribution in [0.2, 0.25) is 0 Å². The van der Waals surface area contributed by atoms with Crippen LogP contribution in [0.3, 0.4) is 0 Å². The van der Waals surface area contributed by atoms with Crippen molar-refractivity contribution in [1.82, 2.24) is 0 Å². The molecule has 2 rings (SSSR count). The van der Waals surface area contributed by atoms with E-state index < -0.39 is 0 Å². The maximum absolute atomic E-state index is 2.42. The fourth-order valence-corrected chi connectivity index (χ4v) is 2.15. The van der Waals surface area contributed by atoms with Gasteiger partial charge in [-0.25, -0.2) is 0 Å². The predicted molar refractivity (Wildman–Crippen MR) is 30.0 cm³/mol. The molecule has 0 aliphatic heterocycles. The van der Waals surface area contributed by atoms with Crippen molar-refractivity contribution in [2.75, 3.05) is 0 Å². The summed E-state index contributed by atoms with van der Waals surface area (Å²) >= 11 is 0. The molecule has 0 heteroatoms. The molecule has 0 radical (unpaired) electrons. The van der Waals surface area contributed by atoms with Gasteiger partial charge in [0.15, 0.2) is 0 Å². The smallest absolute Gasteiger partial charge is 0.0266 e. The largest absolute Gasteiger partial charge is 0.0617 e. The minimum atomic E-state index is 0.847. The Morgan fingerprint density at radius 3 is 2.14 bits per heavy atom. The van der Waals surface area contributed by atoms with Gasteiger partial charge < -0.3 is 0 Å². The van der Waals surface area contributed by atoms with Crippen molar-refractivity contribution in [2.45, 2.75) is 26.7 Å². The third kappa shape index (κ3) is 0.240. The molecule has 0 aromatic heterocycles. The molecule has 40 valence electrons. The molecule has 0 saturated heterocycles. The first kappa shape index (κ1) is 3.94. The monoisotopic (exact) mass is 96.1 g/mol.